The molecule has 0 aliphatic carbocycles. The molecule has 0 radical (unpaired) electrons. The maximum atomic E-state index is 12.1. The first kappa shape index (κ1) is 16.5. The van der Waals surface area contributed by atoms with Crippen molar-refractivity contribution in [3.05, 3.63) is 36.2 Å². The Labute approximate surface area is 154 Å². The topological polar surface area (TPSA) is 84.7 Å². The summed E-state index contributed by atoms with van der Waals surface area (Å²) < 4.78 is 1.95. The van der Waals surface area contributed by atoms with Gasteiger partial charge in [0.2, 0.25) is 0 Å². The SMILES string of the molecule is CCNC(=O)c1cccc(-c2nc3c(nc(NC)c4ncn(C)c43)s2)c1. The number of carbonyl (C=O) groups excluding carboxylic acids is 1. The molecular formula is C18H18N6OS. The summed E-state index contributed by atoms with van der Waals surface area (Å²) in [5.41, 5.74) is 4.09. The second-order valence-electron chi connectivity index (χ2n) is 5.88. The molecule has 1 aromatic carbocycles. The van der Waals surface area contributed by atoms with Gasteiger partial charge in [-0.15, -0.1) is 0 Å². The highest BCUT2D eigenvalue weighted by Gasteiger charge is 2.17. The van der Waals surface area contributed by atoms with Crippen LogP contribution in [-0.2, 0) is 7.05 Å². The lowest BCUT2D eigenvalue weighted by molar-refractivity contribution is 0.0956. The van der Waals surface area contributed by atoms with Crippen molar-refractivity contribution < 1.29 is 4.79 Å². The van der Waals surface area contributed by atoms with Crippen molar-refractivity contribution in [2.75, 3.05) is 18.9 Å². The van der Waals surface area contributed by atoms with E-state index >= 15 is 0 Å². The smallest absolute Gasteiger partial charge is 0.251 e. The fourth-order valence-corrected chi connectivity index (χ4v) is 3.87. The molecule has 26 heavy (non-hydrogen) atoms. The van der Waals surface area contributed by atoms with Gasteiger partial charge >= 0.3 is 0 Å². The quantitative estimate of drug-likeness (QED) is 0.580. The van der Waals surface area contributed by atoms with Crippen molar-refractivity contribution in [3.8, 4) is 10.6 Å². The van der Waals surface area contributed by atoms with Gasteiger partial charge < -0.3 is 15.2 Å². The number of benzene rings is 1. The Kier molecular flexibility index (Phi) is 4.04. The van der Waals surface area contributed by atoms with Gasteiger partial charge in [0.05, 0.1) is 6.33 Å². The second-order valence-corrected chi connectivity index (χ2v) is 6.85. The summed E-state index contributed by atoms with van der Waals surface area (Å²) in [6.07, 6.45) is 1.77. The number of thiazole rings is 1. The van der Waals surface area contributed by atoms with Gasteiger partial charge in [0.25, 0.3) is 5.91 Å². The normalized spacial score (nSPS) is 11.2. The Bertz CT molecular complexity index is 1130. The van der Waals surface area contributed by atoms with E-state index in [1.54, 1.807) is 12.4 Å². The van der Waals surface area contributed by atoms with Gasteiger partial charge in [-0.2, -0.15) is 0 Å². The number of pyridine rings is 1. The van der Waals surface area contributed by atoms with E-state index in [1.165, 1.54) is 11.3 Å². The average molecular weight is 366 g/mol. The second kappa shape index (κ2) is 6.38. The molecule has 3 heterocycles. The molecule has 8 heteroatoms. The molecule has 0 unspecified atom stereocenters. The van der Waals surface area contributed by atoms with Crippen LogP contribution in [0.15, 0.2) is 30.6 Å². The molecule has 0 aliphatic rings. The summed E-state index contributed by atoms with van der Waals surface area (Å²) in [5.74, 6) is 0.652. The van der Waals surface area contributed by atoms with Crippen molar-refractivity contribution in [1.29, 1.82) is 0 Å². The third kappa shape index (κ3) is 2.59. The molecule has 2 N–H and O–H groups in total. The minimum absolute atomic E-state index is 0.0833. The third-order valence-electron chi connectivity index (χ3n) is 4.15. The Morgan fingerprint density at radius 2 is 2.12 bits per heavy atom. The minimum Gasteiger partial charge on any atom is -0.371 e. The fraction of sp³-hybridized carbons (Fsp3) is 0.222. The van der Waals surface area contributed by atoms with Crippen molar-refractivity contribution >= 4 is 44.4 Å². The van der Waals surface area contributed by atoms with Gasteiger partial charge in [-0.05, 0) is 19.1 Å². The maximum absolute atomic E-state index is 12.1. The molecule has 1 amide bonds. The number of aryl methyl sites for hydroxylation is 1. The summed E-state index contributed by atoms with van der Waals surface area (Å²) in [7, 11) is 3.78. The van der Waals surface area contributed by atoms with E-state index in [2.05, 4.69) is 20.6 Å². The van der Waals surface area contributed by atoms with E-state index < -0.39 is 0 Å². The number of amides is 1. The monoisotopic (exact) mass is 366 g/mol. The number of rotatable bonds is 4. The number of hydrogen-bond donors (Lipinski definition) is 2. The van der Waals surface area contributed by atoms with Gasteiger partial charge in [0.1, 0.15) is 26.4 Å². The van der Waals surface area contributed by atoms with Gasteiger partial charge in [0, 0.05) is 31.8 Å². The molecule has 0 saturated carbocycles. The molecule has 0 atom stereocenters. The van der Waals surface area contributed by atoms with Gasteiger partial charge in [-0.25, -0.2) is 15.0 Å². The first-order valence-electron chi connectivity index (χ1n) is 8.30. The summed E-state index contributed by atoms with van der Waals surface area (Å²) in [4.78, 5) is 26.8. The summed E-state index contributed by atoms with van der Waals surface area (Å²) in [5, 5.41) is 6.75. The van der Waals surface area contributed by atoms with E-state index in [-0.39, 0.29) is 5.91 Å². The Morgan fingerprint density at radius 1 is 1.27 bits per heavy atom. The lowest BCUT2D eigenvalue weighted by Crippen LogP contribution is -2.22. The number of imidazole rings is 1. The number of hydrogen-bond acceptors (Lipinski definition) is 6. The van der Waals surface area contributed by atoms with E-state index in [1.807, 2.05) is 43.8 Å². The molecule has 0 aliphatic heterocycles. The van der Waals surface area contributed by atoms with E-state index in [0.717, 1.165) is 37.8 Å². The fourth-order valence-electron chi connectivity index (χ4n) is 2.93. The molecule has 4 rings (SSSR count). The van der Waals surface area contributed by atoms with Gasteiger partial charge in [-0.3, -0.25) is 4.79 Å². The first-order chi connectivity index (χ1) is 12.6. The largest absolute Gasteiger partial charge is 0.371 e. The van der Waals surface area contributed by atoms with Crippen LogP contribution < -0.4 is 10.6 Å². The van der Waals surface area contributed by atoms with E-state index in [0.29, 0.717) is 12.1 Å². The lowest BCUT2D eigenvalue weighted by atomic mass is 10.1. The third-order valence-corrected chi connectivity index (χ3v) is 5.15. The number of carbonyl (C=O) groups is 1. The predicted molar refractivity (Wildman–Crippen MR) is 105 cm³/mol. The lowest BCUT2D eigenvalue weighted by Gasteiger charge is -2.03. The van der Waals surface area contributed by atoms with Crippen LogP contribution >= 0.6 is 11.3 Å². The van der Waals surface area contributed by atoms with Crippen LogP contribution in [0.5, 0.6) is 0 Å². The van der Waals surface area contributed by atoms with Crippen LogP contribution in [0.1, 0.15) is 17.3 Å². The molecule has 0 fully saturated rings. The van der Waals surface area contributed by atoms with Crippen molar-refractivity contribution in [3.63, 3.8) is 0 Å². The van der Waals surface area contributed by atoms with Crippen LogP contribution in [-0.4, -0.2) is 39.0 Å². The minimum atomic E-state index is -0.0833. The van der Waals surface area contributed by atoms with Crippen LogP contribution in [0.3, 0.4) is 0 Å². The van der Waals surface area contributed by atoms with Gasteiger partial charge in [-0.1, -0.05) is 23.5 Å². The molecule has 3 aromatic heterocycles. The predicted octanol–water partition coefficient (Wildman–Crippen LogP) is 3.04. The summed E-state index contributed by atoms with van der Waals surface area (Å²) >= 11 is 1.51. The van der Waals surface area contributed by atoms with Crippen molar-refractivity contribution in [1.82, 2.24) is 24.8 Å². The number of aromatic nitrogens is 4. The van der Waals surface area contributed by atoms with Gasteiger partial charge in [0.15, 0.2) is 5.82 Å². The Hall–Kier alpha value is -3.00. The Balaban J connectivity index is 1.88. The molecule has 132 valence electrons. The molecule has 0 bridgehead atoms. The standard InChI is InChI=1S/C18H18N6OS/c1-4-20-16(25)10-6-5-7-11(8-10)17-22-13-14-12(21-9-24(14)3)15(19-2)23-18(13)26-17/h5-9H,4H2,1-3H3,(H,19,23)(H,20,25). The van der Waals surface area contributed by atoms with Crippen LogP contribution in [0.4, 0.5) is 5.82 Å². The average Bonchev–Trinajstić information content (AvgIpc) is 3.25. The number of nitrogens with zero attached hydrogens (tertiary/aromatic N) is 4. The Morgan fingerprint density at radius 3 is 2.88 bits per heavy atom. The molecular weight excluding hydrogens is 348 g/mol. The van der Waals surface area contributed by atoms with Crippen LogP contribution in [0.25, 0.3) is 32.0 Å². The highest BCUT2D eigenvalue weighted by Crippen LogP contribution is 2.35. The number of anilines is 1. The van der Waals surface area contributed by atoms with Crippen molar-refractivity contribution in [2.24, 2.45) is 7.05 Å². The summed E-state index contributed by atoms with van der Waals surface area (Å²) in [6, 6.07) is 7.50. The maximum Gasteiger partial charge on any atom is 0.251 e. The first-order valence-corrected chi connectivity index (χ1v) is 9.12. The van der Waals surface area contributed by atoms with Crippen molar-refractivity contribution in [2.45, 2.75) is 6.92 Å². The van der Waals surface area contributed by atoms with Crippen LogP contribution in [0.2, 0.25) is 0 Å². The zero-order valence-corrected chi connectivity index (χ0v) is 15.5. The molecule has 0 saturated heterocycles. The molecule has 0 spiro atoms. The molecule has 4 aromatic rings. The summed E-state index contributed by atoms with van der Waals surface area (Å²) in [6.45, 7) is 2.50. The number of nitrogens with one attached hydrogen (secondary N) is 2. The highest BCUT2D eigenvalue weighted by atomic mass is 32.1. The van der Waals surface area contributed by atoms with E-state index in [9.17, 15) is 4.79 Å². The van der Waals surface area contributed by atoms with Crippen LogP contribution in [0, 0.1) is 0 Å². The molecule has 7 nitrogen and oxygen atoms in total. The number of fused-ring (bicyclic) bond motifs is 3. The highest BCUT2D eigenvalue weighted by molar-refractivity contribution is 7.21. The zero-order valence-electron chi connectivity index (χ0n) is 14.7. The zero-order chi connectivity index (χ0) is 18.3. The van der Waals surface area contributed by atoms with E-state index in [4.69, 9.17) is 4.98 Å².